The van der Waals surface area contributed by atoms with Crippen LogP contribution in [0.3, 0.4) is 0 Å². The monoisotopic (exact) mass is 277 g/mol. The van der Waals surface area contributed by atoms with Crippen LogP contribution in [-0.4, -0.2) is 11.2 Å². The first-order valence-corrected chi connectivity index (χ1v) is 7.40. The number of benzene rings is 1. The van der Waals surface area contributed by atoms with E-state index >= 15 is 0 Å². The van der Waals surface area contributed by atoms with Gasteiger partial charge in [0, 0.05) is 27.4 Å². The van der Waals surface area contributed by atoms with E-state index in [2.05, 4.69) is 42.9 Å². The molecule has 0 spiro atoms. The van der Waals surface area contributed by atoms with Gasteiger partial charge in [0.1, 0.15) is 0 Å². The van der Waals surface area contributed by atoms with E-state index in [1.807, 2.05) is 6.92 Å². The van der Waals surface area contributed by atoms with E-state index in [1.165, 1.54) is 21.4 Å². The maximum Gasteiger partial charge on any atom is 0.0716 e. The number of thioether (sulfide) groups is 1. The van der Waals surface area contributed by atoms with E-state index < -0.39 is 0 Å². The van der Waals surface area contributed by atoms with Gasteiger partial charge in [0.05, 0.1) is 5.52 Å². The molecular formula is C15H16ClNS. The average Bonchev–Trinajstić information content (AvgIpc) is 2.30. The van der Waals surface area contributed by atoms with Crippen molar-refractivity contribution in [1.29, 1.82) is 0 Å². The molecule has 1 heterocycles. The van der Waals surface area contributed by atoms with Gasteiger partial charge in [-0.1, -0.05) is 29.8 Å². The Balaban J connectivity index is 2.76. The summed E-state index contributed by atoms with van der Waals surface area (Å²) < 4.78 is 0. The highest BCUT2D eigenvalue weighted by Gasteiger charge is 2.12. The van der Waals surface area contributed by atoms with Crippen molar-refractivity contribution in [2.24, 2.45) is 0 Å². The zero-order chi connectivity index (χ0) is 13.3. The molecule has 0 radical (unpaired) electrons. The Bertz CT molecular complexity index is 619. The van der Waals surface area contributed by atoms with Crippen LogP contribution in [0.2, 0.25) is 0 Å². The molecule has 0 bridgehead atoms. The van der Waals surface area contributed by atoms with Crippen molar-refractivity contribution in [1.82, 2.24) is 4.98 Å². The molecular weight excluding hydrogens is 262 g/mol. The third-order valence-electron chi connectivity index (χ3n) is 2.97. The minimum atomic E-state index is 0.655. The van der Waals surface area contributed by atoms with Crippen LogP contribution in [0.25, 0.3) is 10.9 Å². The number of allylic oxidation sites excluding steroid dienone is 1. The largest absolute Gasteiger partial charge is 0.253 e. The van der Waals surface area contributed by atoms with E-state index in [9.17, 15) is 0 Å². The van der Waals surface area contributed by atoms with Crippen molar-refractivity contribution in [2.75, 3.05) is 6.26 Å². The molecule has 1 nitrogen and oxygen atoms in total. The second kappa shape index (κ2) is 5.33. The van der Waals surface area contributed by atoms with Crippen LogP contribution in [0, 0.1) is 13.8 Å². The zero-order valence-corrected chi connectivity index (χ0v) is 12.5. The van der Waals surface area contributed by atoms with Gasteiger partial charge in [-0.15, -0.1) is 11.8 Å². The Morgan fingerprint density at radius 3 is 2.72 bits per heavy atom. The molecule has 0 atom stereocenters. The molecule has 94 valence electrons. The standard InChI is InChI=1S/C15H16ClNS/c1-9-5-6-14-13(7-9)15(18-4)12(8-10(2)16)11(3)17-14/h5-7H,2,8H2,1,3-4H3. The fraction of sp³-hybridized carbons (Fsp3) is 0.267. The summed E-state index contributed by atoms with van der Waals surface area (Å²) >= 11 is 7.71. The highest BCUT2D eigenvalue weighted by atomic mass is 35.5. The third kappa shape index (κ3) is 2.55. The van der Waals surface area contributed by atoms with Crippen LogP contribution in [-0.2, 0) is 6.42 Å². The second-order valence-corrected chi connectivity index (χ2v) is 5.77. The summed E-state index contributed by atoms with van der Waals surface area (Å²) in [7, 11) is 0. The van der Waals surface area contributed by atoms with Crippen molar-refractivity contribution in [3.8, 4) is 0 Å². The fourth-order valence-corrected chi connectivity index (χ4v) is 3.12. The topological polar surface area (TPSA) is 12.9 Å². The van der Waals surface area contributed by atoms with Crippen molar-refractivity contribution in [2.45, 2.75) is 25.2 Å². The van der Waals surface area contributed by atoms with Crippen molar-refractivity contribution in [3.63, 3.8) is 0 Å². The van der Waals surface area contributed by atoms with Gasteiger partial charge in [0.25, 0.3) is 0 Å². The quantitative estimate of drug-likeness (QED) is 0.743. The van der Waals surface area contributed by atoms with E-state index in [0.29, 0.717) is 11.5 Å². The lowest BCUT2D eigenvalue weighted by molar-refractivity contribution is 1.07. The first kappa shape index (κ1) is 13.4. The average molecular weight is 278 g/mol. The maximum atomic E-state index is 5.96. The highest BCUT2D eigenvalue weighted by Crippen LogP contribution is 2.33. The number of aryl methyl sites for hydroxylation is 2. The Labute approximate surface area is 117 Å². The van der Waals surface area contributed by atoms with Crippen LogP contribution in [0.15, 0.2) is 34.7 Å². The molecule has 0 unspecified atom stereocenters. The van der Waals surface area contributed by atoms with Gasteiger partial charge in [-0.25, -0.2) is 0 Å². The van der Waals surface area contributed by atoms with Gasteiger partial charge in [-0.2, -0.15) is 0 Å². The smallest absolute Gasteiger partial charge is 0.0716 e. The van der Waals surface area contributed by atoms with E-state index in [4.69, 9.17) is 11.6 Å². The first-order valence-electron chi connectivity index (χ1n) is 5.80. The summed E-state index contributed by atoms with van der Waals surface area (Å²) in [6.45, 7) is 7.93. The Morgan fingerprint density at radius 2 is 2.11 bits per heavy atom. The molecule has 1 aromatic heterocycles. The minimum absolute atomic E-state index is 0.655. The van der Waals surface area contributed by atoms with E-state index in [0.717, 1.165) is 11.2 Å². The van der Waals surface area contributed by atoms with Gasteiger partial charge in [0.2, 0.25) is 0 Å². The van der Waals surface area contributed by atoms with Crippen LogP contribution in [0.1, 0.15) is 16.8 Å². The predicted molar refractivity (Wildman–Crippen MR) is 81.7 cm³/mol. The molecule has 0 aliphatic rings. The molecule has 0 fully saturated rings. The molecule has 1 aromatic carbocycles. The number of pyridine rings is 1. The van der Waals surface area contributed by atoms with Crippen LogP contribution < -0.4 is 0 Å². The molecule has 0 saturated carbocycles. The number of hydrogen-bond donors (Lipinski definition) is 0. The Hall–Kier alpha value is -0.990. The number of halogens is 1. The molecule has 2 aromatic rings. The van der Waals surface area contributed by atoms with Gasteiger partial charge < -0.3 is 0 Å². The summed E-state index contributed by atoms with van der Waals surface area (Å²) in [6, 6.07) is 6.36. The first-order chi connectivity index (χ1) is 8.52. The van der Waals surface area contributed by atoms with Gasteiger partial charge in [0.15, 0.2) is 0 Å². The number of aromatic nitrogens is 1. The van der Waals surface area contributed by atoms with Crippen molar-refractivity contribution in [3.05, 3.63) is 46.6 Å². The van der Waals surface area contributed by atoms with E-state index in [1.54, 1.807) is 11.8 Å². The minimum Gasteiger partial charge on any atom is -0.253 e. The molecule has 0 N–H and O–H groups in total. The predicted octanol–water partition coefficient (Wildman–Crippen LogP) is 4.87. The lowest BCUT2D eigenvalue weighted by atomic mass is 10.0. The Kier molecular flexibility index (Phi) is 3.98. The molecule has 18 heavy (non-hydrogen) atoms. The third-order valence-corrected chi connectivity index (χ3v) is 3.98. The van der Waals surface area contributed by atoms with Crippen LogP contribution in [0.4, 0.5) is 0 Å². The summed E-state index contributed by atoms with van der Waals surface area (Å²) in [5, 5.41) is 1.86. The highest BCUT2D eigenvalue weighted by molar-refractivity contribution is 7.98. The second-order valence-electron chi connectivity index (χ2n) is 4.42. The molecule has 2 rings (SSSR count). The summed E-state index contributed by atoms with van der Waals surface area (Å²) in [6.07, 6.45) is 2.78. The van der Waals surface area contributed by atoms with Crippen LogP contribution in [0.5, 0.6) is 0 Å². The molecule has 0 amide bonds. The number of nitrogens with zero attached hydrogens (tertiary/aromatic N) is 1. The van der Waals surface area contributed by atoms with Crippen molar-refractivity contribution < 1.29 is 0 Å². The van der Waals surface area contributed by atoms with E-state index in [-0.39, 0.29) is 0 Å². The molecule has 0 saturated heterocycles. The zero-order valence-electron chi connectivity index (χ0n) is 10.9. The SMILES string of the molecule is C=C(Cl)Cc1c(C)nc2ccc(C)cc2c1SC. The summed E-state index contributed by atoms with van der Waals surface area (Å²) in [5.41, 5.74) is 4.53. The van der Waals surface area contributed by atoms with Gasteiger partial charge >= 0.3 is 0 Å². The summed E-state index contributed by atoms with van der Waals surface area (Å²) in [4.78, 5) is 5.93. The fourth-order valence-electron chi connectivity index (χ4n) is 2.14. The van der Waals surface area contributed by atoms with Crippen molar-refractivity contribution >= 4 is 34.3 Å². The number of rotatable bonds is 3. The lowest BCUT2D eigenvalue weighted by Gasteiger charge is -2.13. The van der Waals surface area contributed by atoms with Gasteiger partial charge in [-0.3, -0.25) is 4.98 Å². The van der Waals surface area contributed by atoms with Crippen LogP contribution >= 0.6 is 23.4 Å². The normalized spacial score (nSPS) is 10.9. The lowest BCUT2D eigenvalue weighted by Crippen LogP contribution is -1.98. The van der Waals surface area contributed by atoms with Gasteiger partial charge in [-0.05, 0) is 37.8 Å². The molecule has 3 heteroatoms. The molecule has 0 aliphatic heterocycles. The Morgan fingerprint density at radius 1 is 1.39 bits per heavy atom. The number of fused-ring (bicyclic) bond motifs is 1. The summed E-state index contributed by atoms with van der Waals surface area (Å²) in [5.74, 6) is 0. The molecule has 0 aliphatic carbocycles. The maximum absolute atomic E-state index is 5.96. The number of hydrogen-bond acceptors (Lipinski definition) is 2.